The van der Waals surface area contributed by atoms with Crippen molar-refractivity contribution in [2.24, 2.45) is 0 Å². The van der Waals surface area contributed by atoms with Crippen LogP contribution in [0.15, 0.2) is 12.3 Å². The number of amides is 1. The van der Waals surface area contributed by atoms with Crippen molar-refractivity contribution >= 4 is 22.7 Å². The highest BCUT2D eigenvalue weighted by molar-refractivity contribution is 5.92. The highest BCUT2D eigenvalue weighted by Gasteiger charge is 2.32. The van der Waals surface area contributed by atoms with Crippen LogP contribution in [0.1, 0.15) is 52.5 Å². The molecule has 1 aromatic heterocycles. The number of rotatable bonds is 2. The van der Waals surface area contributed by atoms with Crippen LogP contribution in [-0.4, -0.2) is 70.3 Å². The lowest BCUT2D eigenvalue weighted by Gasteiger charge is -2.42. The molecule has 3 aliphatic rings. The van der Waals surface area contributed by atoms with Crippen LogP contribution < -0.4 is 15.2 Å². The number of benzene rings is 1. The van der Waals surface area contributed by atoms with Crippen molar-refractivity contribution in [1.82, 2.24) is 19.6 Å². The first-order chi connectivity index (χ1) is 15.3. The molecule has 2 fully saturated rings. The Morgan fingerprint density at radius 3 is 2.41 bits per heavy atom. The van der Waals surface area contributed by atoms with Gasteiger partial charge in [-0.05, 0) is 52.5 Å². The van der Waals surface area contributed by atoms with Gasteiger partial charge in [-0.1, -0.05) is 0 Å². The smallest absolute Gasteiger partial charge is 0.410 e. The summed E-state index contributed by atoms with van der Waals surface area (Å²) in [5, 5.41) is 5.82. The van der Waals surface area contributed by atoms with Crippen LogP contribution >= 0.6 is 0 Å². The Kier molecular flexibility index (Phi) is 5.31. The zero-order valence-corrected chi connectivity index (χ0v) is 19.2. The Morgan fingerprint density at radius 1 is 1.06 bits per heavy atom. The fourth-order valence-corrected chi connectivity index (χ4v) is 5.06. The van der Waals surface area contributed by atoms with E-state index in [1.54, 1.807) is 0 Å². The first-order valence-electron chi connectivity index (χ1n) is 11.6. The molecule has 0 unspecified atom stereocenters. The van der Waals surface area contributed by atoms with E-state index >= 15 is 0 Å². The summed E-state index contributed by atoms with van der Waals surface area (Å²) in [4.78, 5) is 16.7. The molecule has 1 saturated heterocycles. The third-order valence-corrected chi connectivity index (χ3v) is 6.68. The van der Waals surface area contributed by atoms with Crippen molar-refractivity contribution in [3.63, 3.8) is 0 Å². The highest BCUT2D eigenvalue weighted by atomic mass is 16.7. The van der Waals surface area contributed by atoms with Crippen molar-refractivity contribution in [2.45, 2.75) is 64.1 Å². The maximum Gasteiger partial charge on any atom is 0.410 e. The molecule has 174 valence electrons. The SMILES string of the molecule is CC(C)(C)OC(=O)N1CCN(C2CCC(n3cc4cc(N)c5c(c4n3)OCO5)CC2)CC1. The molecule has 3 heterocycles. The Balaban J connectivity index is 1.17. The minimum Gasteiger partial charge on any atom is -0.451 e. The number of carbonyl (C=O) groups is 1. The average molecular weight is 444 g/mol. The number of piperazine rings is 1. The molecule has 0 bridgehead atoms. The molecule has 5 rings (SSSR count). The lowest BCUT2D eigenvalue weighted by Crippen LogP contribution is -2.53. The van der Waals surface area contributed by atoms with Gasteiger partial charge in [-0.2, -0.15) is 5.10 Å². The van der Waals surface area contributed by atoms with Crippen molar-refractivity contribution in [3.05, 3.63) is 12.3 Å². The third-order valence-electron chi connectivity index (χ3n) is 6.68. The second kappa shape index (κ2) is 8.03. The number of carbonyl (C=O) groups excluding carboxylic acids is 1. The van der Waals surface area contributed by atoms with Gasteiger partial charge in [0.15, 0.2) is 11.5 Å². The molecule has 2 aliphatic heterocycles. The van der Waals surface area contributed by atoms with E-state index in [-0.39, 0.29) is 12.9 Å². The molecule has 2 aromatic rings. The molecule has 0 radical (unpaired) electrons. The zero-order chi connectivity index (χ0) is 22.5. The van der Waals surface area contributed by atoms with Crippen molar-refractivity contribution < 1.29 is 19.0 Å². The summed E-state index contributed by atoms with van der Waals surface area (Å²) < 4.78 is 18.7. The van der Waals surface area contributed by atoms with Gasteiger partial charge in [-0.25, -0.2) is 4.79 Å². The molecule has 1 aromatic carbocycles. The van der Waals surface area contributed by atoms with Crippen LogP contribution in [0.4, 0.5) is 10.5 Å². The number of nitrogens with zero attached hydrogens (tertiary/aromatic N) is 4. The summed E-state index contributed by atoms with van der Waals surface area (Å²) in [5.74, 6) is 1.27. The Bertz CT molecular complexity index is 998. The number of nitrogen functional groups attached to an aromatic ring is 1. The van der Waals surface area contributed by atoms with Gasteiger partial charge in [0.25, 0.3) is 0 Å². The number of fused-ring (bicyclic) bond motifs is 3. The average Bonchev–Trinajstić information content (AvgIpc) is 3.40. The summed E-state index contributed by atoms with van der Waals surface area (Å²) in [6.45, 7) is 9.19. The second-order valence-electron chi connectivity index (χ2n) is 10.0. The predicted molar refractivity (Wildman–Crippen MR) is 121 cm³/mol. The lowest BCUT2D eigenvalue weighted by atomic mass is 9.90. The fourth-order valence-electron chi connectivity index (χ4n) is 5.06. The van der Waals surface area contributed by atoms with E-state index in [0.717, 1.165) is 62.8 Å². The number of ether oxygens (including phenoxy) is 3. The monoisotopic (exact) mass is 443 g/mol. The van der Waals surface area contributed by atoms with Crippen molar-refractivity contribution in [1.29, 1.82) is 0 Å². The van der Waals surface area contributed by atoms with Crippen molar-refractivity contribution in [2.75, 3.05) is 38.7 Å². The van der Waals surface area contributed by atoms with Gasteiger partial charge in [0.2, 0.25) is 6.79 Å². The van der Waals surface area contributed by atoms with E-state index in [1.807, 2.05) is 31.7 Å². The Labute approximate surface area is 188 Å². The molecule has 9 heteroatoms. The second-order valence-corrected chi connectivity index (χ2v) is 10.0. The van der Waals surface area contributed by atoms with Crippen LogP contribution in [0.3, 0.4) is 0 Å². The van der Waals surface area contributed by atoms with Crippen LogP contribution in [-0.2, 0) is 4.74 Å². The summed E-state index contributed by atoms with van der Waals surface area (Å²) in [7, 11) is 0. The Morgan fingerprint density at radius 2 is 1.72 bits per heavy atom. The third kappa shape index (κ3) is 4.05. The standard InChI is InChI=1S/C23H33N5O4/c1-23(2,3)32-22(29)27-10-8-26(9-11-27)16-4-6-17(7-5-16)28-13-15-12-18(24)20-21(19(15)25-28)31-14-30-20/h12-13,16-17H,4-11,14,24H2,1-3H3. The normalized spacial score (nSPS) is 24.2. The molecule has 1 amide bonds. The number of anilines is 1. The van der Waals surface area contributed by atoms with Gasteiger partial charge >= 0.3 is 6.09 Å². The number of aromatic nitrogens is 2. The Hall–Kier alpha value is -2.68. The van der Waals surface area contributed by atoms with E-state index in [0.29, 0.717) is 29.3 Å². The van der Waals surface area contributed by atoms with Crippen molar-refractivity contribution in [3.8, 4) is 11.5 Å². The van der Waals surface area contributed by atoms with Gasteiger partial charge in [-0.15, -0.1) is 0 Å². The lowest BCUT2D eigenvalue weighted by molar-refractivity contribution is 0.00722. The van der Waals surface area contributed by atoms with Gasteiger partial charge in [-0.3, -0.25) is 9.58 Å². The minimum atomic E-state index is -0.450. The molecular weight excluding hydrogens is 410 g/mol. The minimum absolute atomic E-state index is 0.192. The summed E-state index contributed by atoms with van der Waals surface area (Å²) in [6, 6.07) is 2.86. The van der Waals surface area contributed by atoms with Crippen LogP contribution in [0.2, 0.25) is 0 Å². The van der Waals surface area contributed by atoms with Gasteiger partial charge < -0.3 is 24.8 Å². The van der Waals surface area contributed by atoms with Gasteiger partial charge in [0, 0.05) is 43.8 Å². The molecule has 1 saturated carbocycles. The zero-order valence-electron chi connectivity index (χ0n) is 19.2. The van der Waals surface area contributed by atoms with E-state index < -0.39 is 5.60 Å². The summed E-state index contributed by atoms with van der Waals surface area (Å²) in [6.07, 6.45) is 6.31. The fraction of sp³-hybridized carbons (Fsp3) is 0.652. The maximum absolute atomic E-state index is 12.3. The quantitative estimate of drug-likeness (QED) is 0.711. The molecule has 9 nitrogen and oxygen atoms in total. The molecule has 1 aliphatic carbocycles. The number of hydrogen-bond acceptors (Lipinski definition) is 7. The van der Waals surface area contributed by atoms with Crippen LogP contribution in [0.25, 0.3) is 10.9 Å². The number of nitrogens with two attached hydrogens (primary N) is 1. The van der Waals surface area contributed by atoms with E-state index in [9.17, 15) is 4.79 Å². The first kappa shape index (κ1) is 21.2. The van der Waals surface area contributed by atoms with E-state index in [4.69, 9.17) is 25.0 Å². The predicted octanol–water partition coefficient (Wildman–Crippen LogP) is 3.38. The molecule has 0 atom stereocenters. The molecular formula is C23H33N5O4. The maximum atomic E-state index is 12.3. The molecule has 32 heavy (non-hydrogen) atoms. The van der Waals surface area contributed by atoms with E-state index in [1.165, 1.54) is 0 Å². The van der Waals surface area contributed by atoms with Crippen LogP contribution in [0.5, 0.6) is 11.5 Å². The van der Waals surface area contributed by atoms with Crippen LogP contribution in [0, 0.1) is 0 Å². The van der Waals surface area contributed by atoms with E-state index in [2.05, 4.69) is 15.8 Å². The summed E-state index contributed by atoms with van der Waals surface area (Å²) >= 11 is 0. The van der Waals surface area contributed by atoms with Gasteiger partial charge in [0.05, 0.1) is 11.7 Å². The summed E-state index contributed by atoms with van der Waals surface area (Å²) in [5.41, 5.74) is 7.08. The molecule has 2 N–H and O–H groups in total. The molecule has 0 spiro atoms. The topological polar surface area (TPSA) is 95.1 Å². The largest absolute Gasteiger partial charge is 0.451 e. The highest BCUT2D eigenvalue weighted by Crippen LogP contribution is 2.44. The first-order valence-corrected chi connectivity index (χ1v) is 11.6. The number of hydrogen-bond donors (Lipinski definition) is 1. The van der Waals surface area contributed by atoms with Gasteiger partial charge in [0.1, 0.15) is 11.1 Å².